The van der Waals surface area contributed by atoms with E-state index in [9.17, 15) is 4.79 Å². The van der Waals surface area contributed by atoms with Gasteiger partial charge in [0, 0.05) is 6.04 Å². The molecule has 3 heteroatoms. The van der Waals surface area contributed by atoms with Gasteiger partial charge < -0.3 is 10.1 Å². The maximum absolute atomic E-state index is 11.3. The molecule has 0 aliphatic rings. The van der Waals surface area contributed by atoms with Gasteiger partial charge in [-0.1, -0.05) is 25.1 Å². The van der Waals surface area contributed by atoms with Crippen LogP contribution in [0, 0.1) is 0 Å². The van der Waals surface area contributed by atoms with E-state index >= 15 is 0 Å². The SMILES string of the molecule is CCC(C)NC(=O)COc1ccccc1. The average molecular weight is 207 g/mol. The first-order chi connectivity index (χ1) is 7.22. The van der Waals surface area contributed by atoms with Crippen LogP contribution in [-0.4, -0.2) is 18.6 Å². The third-order valence-corrected chi connectivity index (χ3v) is 2.13. The smallest absolute Gasteiger partial charge is 0.258 e. The molecule has 0 aromatic heterocycles. The van der Waals surface area contributed by atoms with Crippen molar-refractivity contribution in [2.75, 3.05) is 6.61 Å². The Morgan fingerprint density at radius 2 is 2.07 bits per heavy atom. The highest BCUT2D eigenvalue weighted by Gasteiger charge is 2.05. The van der Waals surface area contributed by atoms with Gasteiger partial charge in [-0.15, -0.1) is 0 Å². The van der Waals surface area contributed by atoms with Crippen molar-refractivity contribution < 1.29 is 9.53 Å². The second kappa shape index (κ2) is 6.06. The maximum Gasteiger partial charge on any atom is 0.258 e. The first-order valence-electron chi connectivity index (χ1n) is 5.19. The Kier molecular flexibility index (Phi) is 4.68. The van der Waals surface area contributed by atoms with Crippen LogP contribution in [0.25, 0.3) is 0 Å². The average Bonchev–Trinajstić information content (AvgIpc) is 2.27. The molecule has 0 bridgehead atoms. The maximum atomic E-state index is 11.3. The van der Waals surface area contributed by atoms with Crippen LogP contribution in [0.5, 0.6) is 5.75 Å². The van der Waals surface area contributed by atoms with Gasteiger partial charge in [0.15, 0.2) is 6.61 Å². The Bertz CT molecular complexity index is 298. The first-order valence-corrected chi connectivity index (χ1v) is 5.19. The fraction of sp³-hybridized carbons (Fsp3) is 0.417. The van der Waals surface area contributed by atoms with Crippen LogP contribution in [0.15, 0.2) is 30.3 Å². The van der Waals surface area contributed by atoms with Crippen molar-refractivity contribution in [3.05, 3.63) is 30.3 Å². The third kappa shape index (κ3) is 4.49. The highest BCUT2D eigenvalue weighted by atomic mass is 16.5. The van der Waals surface area contributed by atoms with Crippen molar-refractivity contribution >= 4 is 5.91 Å². The summed E-state index contributed by atoms with van der Waals surface area (Å²) in [6.07, 6.45) is 0.928. The van der Waals surface area contributed by atoms with Crippen molar-refractivity contribution in [3.63, 3.8) is 0 Å². The lowest BCUT2D eigenvalue weighted by atomic mass is 10.2. The Morgan fingerprint density at radius 1 is 1.40 bits per heavy atom. The Morgan fingerprint density at radius 3 is 2.67 bits per heavy atom. The van der Waals surface area contributed by atoms with Crippen molar-refractivity contribution in [2.24, 2.45) is 0 Å². The van der Waals surface area contributed by atoms with E-state index in [2.05, 4.69) is 5.32 Å². The van der Waals surface area contributed by atoms with Crippen molar-refractivity contribution in [1.29, 1.82) is 0 Å². The predicted octanol–water partition coefficient (Wildman–Crippen LogP) is 1.98. The fourth-order valence-corrected chi connectivity index (χ4v) is 1.08. The standard InChI is InChI=1S/C12H17NO2/c1-3-10(2)13-12(14)9-15-11-7-5-4-6-8-11/h4-8,10H,3,9H2,1-2H3,(H,13,14). The molecule has 0 fully saturated rings. The summed E-state index contributed by atoms with van der Waals surface area (Å²) in [6, 6.07) is 9.53. The summed E-state index contributed by atoms with van der Waals surface area (Å²) < 4.78 is 5.30. The Hall–Kier alpha value is -1.51. The second-order valence-corrected chi connectivity index (χ2v) is 3.48. The molecule has 0 aliphatic carbocycles. The van der Waals surface area contributed by atoms with Crippen LogP contribution >= 0.6 is 0 Å². The van der Waals surface area contributed by atoms with Crippen LogP contribution < -0.4 is 10.1 Å². The van der Waals surface area contributed by atoms with Crippen LogP contribution in [0.2, 0.25) is 0 Å². The van der Waals surface area contributed by atoms with Crippen molar-refractivity contribution in [2.45, 2.75) is 26.3 Å². The van der Waals surface area contributed by atoms with E-state index in [0.29, 0.717) is 0 Å². The monoisotopic (exact) mass is 207 g/mol. The zero-order chi connectivity index (χ0) is 11.1. The van der Waals surface area contributed by atoms with E-state index in [-0.39, 0.29) is 18.6 Å². The number of carbonyl (C=O) groups excluding carboxylic acids is 1. The van der Waals surface area contributed by atoms with Crippen LogP contribution in [-0.2, 0) is 4.79 Å². The van der Waals surface area contributed by atoms with Gasteiger partial charge in [0.1, 0.15) is 5.75 Å². The zero-order valence-corrected chi connectivity index (χ0v) is 9.19. The van der Waals surface area contributed by atoms with E-state index in [1.165, 1.54) is 0 Å². The lowest BCUT2D eigenvalue weighted by Gasteiger charge is -2.11. The fourth-order valence-electron chi connectivity index (χ4n) is 1.08. The summed E-state index contributed by atoms with van der Waals surface area (Å²) in [5, 5.41) is 2.84. The number of para-hydroxylation sites is 1. The Balaban J connectivity index is 2.29. The van der Waals surface area contributed by atoms with E-state index in [4.69, 9.17) is 4.74 Å². The molecule has 0 saturated carbocycles. The first kappa shape index (κ1) is 11.6. The Labute approximate surface area is 90.4 Å². The van der Waals surface area contributed by atoms with Gasteiger partial charge in [0.2, 0.25) is 0 Å². The molecule has 0 spiro atoms. The van der Waals surface area contributed by atoms with Crippen molar-refractivity contribution in [1.82, 2.24) is 5.32 Å². The van der Waals surface area contributed by atoms with Crippen molar-refractivity contribution in [3.8, 4) is 5.75 Å². The van der Waals surface area contributed by atoms with Crippen LogP contribution in [0.3, 0.4) is 0 Å². The van der Waals surface area contributed by atoms with Gasteiger partial charge in [-0.25, -0.2) is 0 Å². The molecule has 3 nitrogen and oxygen atoms in total. The molecule has 1 N–H and O–H groups in total. The molecule has 0 radical (unpaired) electrons. The lowest BCUT2D eigenvalue weighted by Crippen LogP contribution is -2.35. The highest BCUT2D eigenvalue weighted by Crippen LogP contribution is 2.07. The molecular formula is C12H17NO2. The summed E-state index contributed by atoms with van der Waals surface area (Å²) in [6.45, 7) is 4.08. The molecule has 0 saturated heterocycles. The van der Waals surface area contributed by atoms with Gasteiger partial charge in [-0.05, 0) is 25.5 Å². The van der Waals surface area contributed by atoms with Gasteiger partial charge >= 0.3 is 0 Å². The highest BCUT2D eigenvalue weighted by molar-refractivity contribution is 5.77. The minimum atomic E-state index is -0.0757. The molecule has 1 atom stereocenters. The molecule has 82 valence electrons. The largest absolute Gasteiger partial charge is 0.484 e. The second-order valence-electron chi connectivity index (χ2n) is 3.48. The summed E-state index contributed by atoms with van der Waals surface area (Å²) in [4.78, 5) is 11.3. The third-order valence-electron chi connectivity index (χ3n) is 2.13. The van der Waals surface area contributed by atoms with Gasteiger partial charge in [-0.3, -0.25) is 4.79 Å². The number of ether oxygens (including phenoxy) is 1. The number of hydrogen-bond acceptors (Lipinski definition) is 2. The van der Waals surface area contributed by atoms with E-state index < -0.39 is 0 Å². The molecule has 1 amide bonds. The van der Waals surface area contributed by atoms with E-state index in [1.54, 1.807) is 0 Å². The van der Waals surface area contributed by atoms with Crippen LogP contribution in [0.4, 0.5) is 0 Å². The minimum Gasteiger partial charge on any atom is -0.484 e. The van der Waals surface area contributed by atoms with E-state index in [0.717, 1.165) is 12.2 Å². The normalized spacial score (nSPS) is 11.9. The van der Waals surface area contributed by atoms with Gasteiger partial charge in [0.25, 0.3) is 5.91 Å². The minimum absolute atomic E-state index is 0.0757. The van der Waals surface area contributed by atoms with Gasteiger partial charge in [0.05, 0.1) is 0 Å². The summed E-state index contributed by atoms with van der Waals surface area (Å²) in [5.74, 6) is 0.644. The molecule has 1 rings (SSSR count). The molecule has 15 heavy (non-hydrogen) atoms. The number of hydrogen-bond donors (Lipinski definition) is 1. The molecule has 1 aromatic rings. The quantitative estimate of drug-likeness (QED) is 0.801. The number of benzene rings is 1. The molecule has 0 heterocycles. The number of nitrogens with one attached hydrogen (secondary N) is 1. The number of rotatable bonds is 5. The molecule has 1 unspecified atom stereocenters. The predicted molar refractivity (Wildman–Crippen MR) is 59.8 cm³/mol. The molecule has 0 aliphatic heterocycles. The summed E-state index contributed by atoms with van der Waals surface area (Å²) in [7, 11) is 0. The topological polar surface area (TPSA) is 38.3 Å². The summed E-state index contributed by atoms with van der Waals surface area (Å²) in [5.41, 5.74) is 0. The number of amides is 1. The molecule has 1 aromatic carbocycles. The lowest BCUT2D eigenvalue weighted by molar-refractivity contribution is -0.123. The summed E-state index contributed by atoms with van der Waals surface area (Å²) >= 11 is 0. The van der Waals surface area contributed by atoms with Crippen LogP contribution in [0.1, 0.15) is 20.3 Å². The molecular weight excluding hydrogens is 190 g/mol. The van der Waals surface area contributed by atoms with Gasteiger partial charge in [-0.2, -0.15) is 0 Å². The van der Waals surface area contributed by atoms with E-state index in [1.807, 2.05) is 44.2 Å². The number of carbonyl (C=O) groups is 1. The zero-order valence-electron chi connectivity index (χ0n) is 9.19.